The summed E-state index contributed by atoms with van der Waals surface area (Å²) in [5, 5.41) is 14.9. The summed E-state index contributed by atoms with van der Waals surface area (Å²) in [5.41, 5.74) is 2.46. The minimum absolute atomic E-state index is 0.0245. The van der Waals surface area contributed by atoms with Gasteiger partial charge in [0.1, 0.15) is 0 Å². The third-order valence-corrected chi connectivity index (χ3v) is 3.90. The molecule has 0 saturated carbocycles. The van der Waals surface area contributed by atoms with E-state index in [0.29, 0.717) is 6.54 Å². The maximum absolute atomic E-state index is 11.9. The van der Waals surface area contributed by atoms with Crippen molar-refractivity contribution in [1.29, 1.82) is 0 Å². The second kappa shape index (κ2) is 7.27. The van der Waals surface area contributed by atoms with Crippen LogP contribution in [0.3, 0.4) is 0 Å². The Morgan fingerprint density at radius 3 is 2.90 bits per heavy atom. The number of hydrogen-bond acceptors (Lipinski definition) is 2. The van der Waals surface area contributed by atoms with Crippen LogP contribution in [0.2, 0.25) is 0 Å². The molecule has 1 unspecified atom stereocenters. The van der Waals surface area contributed by atoms with Gasteiger partial charge in [0, 0.05) is 25.1 Å². The lowest BCUT2D eigenvalue weighted by Gasteiger charge is -2.16. The lowest BCUT2D eigenvalue weighted by molar-refractivity contribution is 0.231. The first-order chi connectivity index (χ1) is 10.1. The molecule has 0 aromatic heterocycles. The summed E-state index contributed by atoms with van der Waals surface area (Å²) in [6.07, 6.45) is 4.68. The van der Waals surface area contributed by atoms with Crippen LogP contribution in [-0.4, -0.2) is 30.3 Å². The van der Waals surface area contributed by atoms with E-state index in [1.54, 1.807) is 0 Å². The number of hydrogen-bond donors (Lipinski definition) is 3. The molecule has 3 atom stereocenters. The van der Waals surface area contributed by atoms with Gasteiger partial charge in [0.2, 0.25) is 0 Å². The molecule has 2 rings (SSSR count). The highest BCUT2D eigenvalue weighted by Gasteiger charge is 2.19. The van der Waals surface area contributed by atoms with Crippen LogP contribution < -0.4 is 10.6 Å². The van der Waals surface area contributed by atoms with Gasteiger partial charge >= 0.3 is 6.03 Å². The van der Waals surface area contributed by atoms with Gasteiger partial charge in [-0.3, -0.25) is 0 Å². The van der Waals surface area contributed by atoms with Crippen LogP contribution in [0.5, 0.6) is 0 Å². The summed E-state index contributed by atoms with van der Waals surface area (Å²) in [4.78, 5) is 11.9. The zero-order valence-corrected chi connectivity index (χ0v) is 12.7. The van der Waals surface area contributed by atoms with E-state index in [0.717, 1.165) is 6.42 Å². The first-order valence-electron chi connectivity index (χ1n) is 7.48. The molecule has 21 heavy (non-hydrogen) atoms. The molecule has 0 heterocycles. The van der Waals surface area contributed by atoms with Crippen LogP contribution >= 0.6 is 0 Å². The van der Waals surface area contributed by atoms with Crippen molar-refractivity contribution in [2.45, 2.75) is 32.2 Å². The van der Waals surface area contributed by atoms with Crippen LogP contribution in [-0.2, 0) is 0 Å². The molecule has 0 fully saturated rings. The number of amides is 2. The Morgan fingerprint density at radius 2 is 2.24 bits per heavy atom. The molecular weight excluding hydrogens is 264 g/mol. The van der Waals surface area contributed by atoms with Gasteiger partial charge in [-0.2, -0.15) is 0 Å². The highest BCUT2D eigenvalue weighted by atomic mass is 16.3. The molecule has 0 radical (unpaired) electrons. The van der Waals surface area contributed by atoms with E-state index in [4.69, 9.17) is 5.11 Å². The molecule has 0 bridgehead atoms. The number of aryl methyl sites for hydroxylation is 1. The van der Waals surface area contributed by atoms with Gasteiger partial charge in [0.05, 0.1) is 0 Å². The molecule has 1 aliphatic rings. The van der Waals surface area contributed by atoms with Gasteiger partial charge in [-0.05, 0) is 24.8 Å². The smallest absolute Gasteiger partial charge is 0.315 e. The molecule has 114 valence electrons. The third-order valence-electron chi connectivity index (χ3n) is 3.90. The van der Waals surface area contributed by atoms with Gasteiger partial charge in [-0.1, -0.05) is 48.9 Å². The van der Waals surface area contributed by atoms with Crippen LogP contribution in [0.15, 0.2) is 36.4 Å². The van der Waals surface area contributed by atoms with E-state index in [1.807, 2.05) is 18.2 Å². The van der Waals surface area contributed by atoms with Crippen molar-refractivity contribution in [3.8, 4) is 0 Å². The highest BCUT2D eigenvalue weighted by molar-refractivity contribution is 5.74. The molecule has 1 aromatic carbocycles. The normalized spacial score (nSPS) is 22.0. The highest BCUT2D eigenvalue weighted by Crippen LogP contribution is 2.17. The fourth-order valence-electron chi connectivity index (χ4n) is 2.58. The Balaban J connectivity index is 1.75. The summed E-state index contributed by atoms with van der Waals surface area (Å²) < 4.78 is 0. The van der Waals surface area contributed by atoms with Gasteiger partial charge in [-0.25, -0.2) is 4.79 Å². The summed E-state index contributed by atoms with van der Waals surface area (Å²) in [7, 11) is 0. The van der Waals surface area contributed by atoms with Gasteiger partial charge in [0.25, 0.3) is 0 Å². The van der Waals surface area contributed by atoms with Gasteiger partial charge in [0.15, 0.2) is 0 Å². The summed E-state index contributed by atoms with van der Waals surface area (Å²) in [6.45, 7) is 4.92. The second-order valence-electron chi connectivity index (χ2n) is 5.84. The van der Waals surface area contributed by atoms with E-state index >= 15 is 0 Å². The molecule has 1 aliphatic carbocycles. The molecule has 0 spiro atoms. The quantitative estimate of drug-likeness (QED) is 0.728. The van der Waals surface area contributed by atoms with Gasteiger partial charge < -0.3 is 15.7 Å². The summed E-state index contributed by atoms with van der Waals surface area (Å²) in [5.74, 6) is 0.446. The molecule has 0 aliphatic heterocycles. The zero-order chi connectivity index (χ0) is 15.2. The molecule has 4 heteroatoms. The zero-order valence-electron chi connectivity index (χ0n) is 12.7. The molecule has 4 nitrogen and oxygen atoms in total. The van der Waals surface area contributed by atoms with E-state index < -0.39 is 0 Å². The summed E-state index contributed by atoms with van der Waals surface area (Å²) in [6, 6.07) is 8.22. The second-order valence-corrected chi connectivity index (χ2v) is 5.84. The maximum Gasteiger partial charge on any atom is 0.315 e. The lowest BCUT2D eigenvalue weighted by atomic mass is 9.99. The number of benzene rings is 1. The van der Waals surface area contributed by atoms with E-state index in [1.165, 1.54) is 11.1 Å². The van der Waals surface area contributed by atoms with E-state index in [9.17, 15) is 4.79 Å². The monoisotopic (exact) mass is 288 g/mol. The van der Waals surface area contributed by atoms with Crippen LogP contribution in [0.1, 0.15) is 30.4 Å². The average Bonchev–Trinajstić information content (AvgIpc) is 2.92. The topological polar surface area (TPSA) is 61.4 Å². The van der Waals surface area contributed by atoms with Crippen LogP contribution in [0.4, 0.5) is 4.79 Å². The Bertz CT molecular complexity index is 513. The lowest BCUT2D eigenvalue weighted by Crippen LogP contribution is -2.42. The first kappa shape index (κ1) is 15.6. The molecule has 1 aromatic rings. The first-order valence-corrected chi connectivity index (χ1v) is 7.48. The Labute approximate surface area is 126 Å². The van der Waals surface area contributed by atoms with Crippen molar-refractivity contribution in [1.82, 2.24) is 10.6 Å². The average molecular weight is 288 g/mol. The number of urea groups is 1. The Morgan fingerprint density at radius 1 is 1.43 bits per heavy atom. The van der Waals surface area contributed by atoms with Crippen LogP contribution in [0, 0.1) is 12.8 Å². The number of carbonyl (C=O) groups excluding carboxylic acids is 1. The molecule has 3 N–H and O–H groups in total. The predicted octanol–water partition coefficient (Wildman–Crippen LogP) is 2.33. The van der Waals surface area contributed by atoms with Crippen molar-refractivity contribution < 1.29 is 9.90 Å². The van der Waals surface area contributed by atoms with E-state index in [2.05, 4.69) is 42.7 Å². The number of carbonyl (C=O) groups is 1. The number of aliphatic hydroxyl groups is 1. The van der Waals surface area contributed by atoms with Crippen molar-refractivity contribution in [2.75, 3.05) is 13.2 Å². The third kappa shape index (κ3) is 4.60. The minimum Gasteiger partial charge on any atom is -0.396 e. The predicted molar refractivity (Wildman–Crippen MR) is 84.2 cm³/mol. The van der Waals surface area contributed by atoms with E-state index in [-0.39, 0.29) is 30.5 Å². The number of nitrogens with one attached hydrogen (secondary N) is 2. The SMILES string of the molecule is Cc1cccc(C(C)CNC(=O)N[C@@H]2C=C[C@H](CO)C2)c1. The minimum atomic E-state index is -0.150. The van der Waals surface area contributed by atoms with Crippen molar-refractivity contribution in [3.63, 3.8) is 0 Å². The number of rotatable bonds is 5. The fourth-order valence-corrected chi connectivity index (χ4v) is 2.58. The van der Waals surface area contributed by atoms with Crippen molar-refractivity contribution >= 4 is 6.03 Å². The standard InChI is InChI=1S/C17H24N2O2/c1-12-4-3-5-15(8-12)13(2)10-18-17(21)19-16-7-6-14(9-16)11-20/h3-8,13-14,16,20H,9-11H2,1-2H3,(H2,18,19,21)/t13?,14-,16+/m0/s1. The number of aliphatic hydroxyl groups excluding tert-OH is 1. The van der Waals surface area contributed by atoms with Crippen molar-refractivity contribution in [3.05, 3.63) is 47.5 Å². The Kier molecular flexibility index (Phi) is 5.39. The Hall–Kier alpha value is -1.81. The summed E-state index contributed by atoms with van der Waals surface area (Å²) >= 11 is 0. The van der Waals surface area contributed by atoms with Crippen molar-refractivity contribution in [2.24, 2.45) is 5.92 Å². The molecule has 2 amide bonds. The molecular formula is C17H24N2O2. The molecule has 0 saturated heterocycles. The maximum atomic E-state index is 11.9. The van der Waals surface area contributed by atoms with Gasteiger partial charge in [-0.15, -0.1) is 0 Å². The largest absolute Gasteiger partial charge is 0.396 e. The fraction of sp³-hybridized carbons (Fsp3) is 0.471. The van der Waals surface area contributed by atoms with Crippen LogP contribution in [0.25, 0.3) is 0 Å².